The Balaban J connectivity index is 1.75. The van der Waals surface area contributed by atoms with Gasteiger partial charge in [0.1, 0.15) is 0 Å². The highest BCUT2D eigenvalue weighted by Crippen LogP contribution is 2.45. The van der Waals surface area contributed by atoms with Crippen molar-refractivity contribution in [2.24, 2.45) is 5.41 Å². The van der Waals surface area contributed by atoms with Gasteiger partial charge in [0.25, 0.3) is 0 Å². The molecule has 114 valence electrons. The molecule has 0 radical (unpaired) electrons. The van der Waals surface area contributed by atoms with Crippen LogP contribution >= 0.6 is 0 Å². The zero-order chi connectivity index (χ0) is 15.5. The minimum Gasteiger partial charge on any atom is -0.481 e. The normalized spacial score (nSPS) is 15.3. The molecule has 1 saturated carbocycles. The van der Waals surface area contributed by atoms with Gasteiger partial charge >= 0.3 is 5.97 Å². The van der Waals surface area contributed by atoms with Crippen molar-refractivity contribution in [1.29, 1.82) is 0 Å². The smallest absolute Gasteiger partial charge is 0.311 e. The molecule has 0 atom stereocenters. The molecule has 0 aromatic heterocycles. The van der Waals surface area contributed by atoms with E-state index >= 15 is 0 Å². The Labute approximate surface area is 125 Å². The number of rotatable bonds is 7. The molecule has 1 aliphatic rings. The van der Waals surface area contributed by atoms with Crippen molar-refractivity contribution in [3.8, 4) is 0 Å². The summed E-state index contributed by atoms with van der Waals surface area (Å²) in [5, 5.41) is 11.8. The van der Waals surface area contributed by atoms with E-state index in [0.717, 1.165) is 11.3 Å². The van der Waals surface area contributed by atoms with E-state index in [2.05, 4.69) is 5.32 Å². The lowest BCUT2D eigenvalue weighted by molar-refractivity contribution is -0.143. The van der Waals surface area contributed by atoms with E-state index in [0.29, 0.717) is 25.7 Å². The largest absolute Gasteiger partial charge is 0.481 e. The van der Waals surface area contributed by atoms with Crippen LogP contribution in [0.3, 0.4) is 0 Å². The van der Waals surface area contributed by atoms with E-state index in [1.807, 2.05) is 43.3 Å². The Hall–Kier alpha value is -2.04. The number of anilines is 1. The third-order valence-corrected chi connectivity index (χ3v) is 4.02. The lowest BCUT2D eigenvalue weighted by atomic mass is 10.1. The fourth-order valence-corrected chi connectivity index (χ4v) is 2.19. The average molecular weight is 290 g/mol. The van der Waals surface area contributed by atoms with Gasteiger partial charge in [0, 0.05) is 32.7 Å². The van der Waals surface area contributed by atoms with Crippen LogP contribution in [0, 0.1) is 5.41 Å². The summed E-state index contributed by atoms with van der Waals surface area (Å²) in [6, 6.07) is 8.08. The first-order valence-corrected chi connectivity index (χ1v) is 7.19. The van der Waals surface area contributed by atoms with Crippen molar-refractivity contribution in [2.45, 2.75) is 25.7 Å². The van der Waals surface area contributed by atoms with Gasteiger partial charge in [0.2, 0.25) is 5.91 Å². The summed E-state index contributed by atoms with van der Waals surface area (Å²) < 4.78 is 0. The van der Waals surface area contributed by atoms with Crippen molar-refractivity contribution in [3.05, 3.63) is 29.8 Å². The number of aryl methyl sites for hydroxylation is 1. The van der Waals surface area contributed by atoms with Gasteiger partial charge in [-0.3, -0.25) is 9.59 Å². The minimum absolute atomic E-state index is 0.0841. The average Bonchev–Trinajstić information content (AvgIpc) is 3.24. The van der Waals surface area contributed by atoms with Gasteiger partial charge in [-0.1, -0.05) is 12.1 Å². The fourth-order valence-electron chi connectivity index (χ4n) is 2.19. The predicted octanol–water partition coefficient (Wildman–Crippen LogP) is 1.67. The molecule has 1 fully saturated rings. The van der Waals surface area contributed by atoms with Gasteiger partial charge in [-0.2, -0.15) is 0 Å². The third kappa shape index (κ3) is 3.97. The molecular formula is C16H22N2O3. The number of carbonyl (C=O) groups is 2. The molecule has 1 amide bonds. The fraction of sp³-hybridized carbons (Fsp3) is 0.500. The van der Waals surface area contributed by atoms with Gasteiger partial charge in [0.05, 0.1) is 5.41 Å². The van der Waals surface area contributed by atoms with Crippen molar-refractivity contribution in [3.63, 3.8) is 0 Å². The van der Waals surface area contributed by atoms with Crippen molar-refractivity contribution >= 4 is 17.6 Å². The molecule has 5 heteroatoms. The van der Waals surface area contributed by atoms with E-state index in [1.165, 1.54) is 0 Å². The van der Waals surface area contributed by atoms with E-state index in [4.69, 9.17) is 5.11 Å². The number of nitrogens with zero attached hydrogens (tertiary/aromatic N) is 1. The molecule has 0 unspecified atom stereocenters. The zero-order valence-corrected chi connectivity index (χ0v) is 12.6. The Morgan fingerprint density at radius 2 is 1.86 bits per heavy atom. The molecule has 1 aromatic rings. The summed E-state index contributed by atoms with van der Waals surface area (Å²) in [4.78, 5) is 24.8. The number of benzene rings is 1. The maximum absolute atomic E-state index is 11.8. The number of carboxylic acids is 1. The van der Waals surface area contributed by atoms with Gasteiger partial charge < -0.3 is 15.3 Å². The Morgan fingerprint density at radius 3 is 2.33 bits per heavy atom. The summed E-state index contributed by atoms with van der Waals surface area (Å²) in [5.74, 6) is -0.888. The lowest BCUT2D eigenvalue weighted by Gasteiger charge is -2.13. The maximum atomic E-state index is 11.8. The van der Waals surface area contributed by atoms with Gasteiger partial charge in [-0.05, 0) is 37.0 Å². The van der Waals surface area contributed by atoms with Crippen LogP contribution in [0.15, 0.2) is 24.3 Å². The van der Waals surface area contributed by atoms with Crippen LogP contribution in [-0.2, 0) is 16.0 Å². The second-order valence-electron chi connectivity index (χ2n) is 5.92. The number of carboxylic acid groups (broad SMARTS) is 1. The summed E-state index contributed by atoms with van der Waals surface area (Å²) in [6.07, 6.45) is 2.37. The van der Waals surface area contributed by atoms with E-state index in [9.17, 15) is 9.59 Å². The van der Waals surface area contributed by atoms with Crippen LogP contribution in [0.4, 0.5) is 5.69 Å². The Morgan fingerprint density at radius 1 is 1.24 bits per heavy atom. The van der Waals surface area contributed by atoms with Crippen LogP contribution < -0.4 is 10.2 Å². The quantitative estimate of drug-likeness (QED) is 0.801. The molecule has 2 N–H and O–H groups in total. The first kappa shape index (κ1) is 15.4. The molecule has 0 spiro atoms. The van der Waals surface area contributed by atoms with Crippen molar-refractivity contribution in [1.82, 2.24) is 5.32 Å². The number of hydrogen-bond acceptors (Lipinski definition) is 3. The standard InChI is InChI=1S/C16H22N2O3/c1-18(2)13-6-3-12(4-7-13)5-8-14(19)17-11-16(9-10-16)15(20)21/h3-4,6-7H,5,8-11H2,1-2H3,(H,17,19)(H,20,21). The zero-order valence-electron chi connectivity index (χ0n) is 12.6. The molecule has 21 heavy (non-hydrogen) atoms. The number of amides is 1. The minimum atomic E-state index is -0.804. The highest BCUT2D eigenvalue weighted by molar-refractivity contribution is 5.81. The van der Waals surface area contributed by atoms with E-state index in [1.54, 1.807) is 0 Å². The van der Waals surface area contributed by atoms with Crippen LogP contribution in [0.1, 0.15) is 24.8 Å². The lowest BCUT2D eigenvalue weighted by Crippen LogP contribution is -2.34. The van der Waals surface area contributed by atoms with Crippen LogP contribution in [-0.4, -0.2) is 37.6 Å². The van der Waals surface area contributed by atoms with Gasteiger partial charge in [0.15, 0.2) is 0 Å². The second-order valence-corrected chi connectivity index (χ2v) is 5.92. The maximum Gasteiger partial charge on any atom is 0.311 e. The van der Waals surface area contributed by atoms with Gasteiger partial charge in [-0.25, -0.2) is 0 Å². The van der Waals surface area contributed by atoms with E-state index < -0.39 is 11.4 Å². The first-order chi connectivity index (χ1) is 9.93. The first-order valence-electron chi connectivity index (χ1n) is 7.19. The highest BCUT2D eigenvalue weighted by atomic mass is 16.4. The molecule has 2 rings (SSSR count). The Bertz CT molecular complexity index is 519. The molecule has 0 saturated heterocycles. The molecule has 0 bridgehead atoms. The predicted molar refractivity (Wildman–Crippen MR) is 81.4 cm³/mol. The molecule has 1 aliphatic carbocycles. The number of carbonyl (C=O) groups excluding carboxylic acids is 1. The summed E-state index contributed by atoms with van der Waals surface area (Å²) in [5.41, 5.74) is 1.54. The van der Waals surface area contributed by atoms with Gasteiger partial charge in [-0.15, -0.1) is 0 Å². The van der Waals surface area contributed by atoms with Crippen LogP contribution in [0.25, 0.3) is 0 Å². The molecule has 0 heterocycles. The molecule has 0 aliphatic heterocycles. The Kier molecular flexibility index (Phi) is 4.50. The number of aliphatic carboxylic acids is 1. The molecular weight excluding hydrogens is 268 g/mol. The molecule has 1 aromatic carbocycles. The second kappa shape index (κ2) is 6.16. The topological polar surface area (TPSA) is 69.6 Å². The van der Waals surface area contributed by atoms with Crippen LogP contribution in [0.2, 0.25) is 0 Å². The molecule has 5 nitrogen and oxygen atoms in total. The third-order valence-electron chi connectivity index (χ3n) is 4.02. The summed E-state index contributed by atoms with van der Waals surface area (Å²) >= 11 is 0. The van der Waals surface area contributed by atoms with Crippen molar-refractivity contribution in [2.75, 3.05) is 25.5 Å². The highest BCUT2D eigenvalue weighted by Gasteiger charge is 2.50. The van der Waals surface area contributed by atoms with E-state index in [-0.39, 0.29) is 12.5 Å². The SMILES string of the molecule is CN(C)c1ccc(CCC(=O)NCC2(C(=O)O)CC2)cc1. The monoisotopic (exact) mass is 290 g/mol. The summed E-state index contributed by atoms with van der Waals surface area (Å²) in [6.45, 7) is 0.251. The van der Waals surface area contributed by atoms with Crippen LogP contribution in [0.5, 0.6) is 0 Å². The number of nitrogens with one attached hydrogen (secondary N) is 1. The van der Waals surface area contributed by atoms with Crippen molar-refractivity contribution < 1.29 is 14.7 Å². The number of hydrogen-bond donors (Lipinski definition) is 2. The summed E-state index contributed by atoms with van der Waals surface area (Å²) in [7, 11) is 3.97.